The Balaban J connectivity index is 2.08. The average molecular weight is 326 g/mol. The molecule has 0 amide bonds. The van der Waals surface area contributed by atoms with Crippen molar-refractivity contribution in [1.82, 2.24) is 4.98 Å². The van der Waals surface area contributed by atoms with Gasteiger partial charge in [0.05, 0.1) is 22.9 Å². The van der Waals surface area contributed by atoms with Gasteiger partial charge in [-0.05, 0) is 47.0 Å². The highest BCUT2D eigenvalue weighted by Crippen LogP contribution is 2.28. The molecular formula is C13H16BrN3S. The van der Waals surface area contributed by atoms with Crippen LogP contribution in [0.2, 0.25) is 0 Å². The van der Waals surface area contributed by atoms with Gasteiger partial charge in [-0.25, -0.2) is 4.98 Å². The molecule has 0 fully saturated rings. The minimum absolute atomic E-state index is 0.705. The molecule has 2 heterocycles. The number of halogens is 1. The number of nitrogens with zero attached hydrogens (tertiary/aromatic N) is 1. The molecule has 0 aliphatic rings. The lowest BCUT2D eigenvalue weighted by atomic mass is 10.2. The first-order valence-electron chi connectivity index (χ1n) is 5.83. The van der Waals surface area contributed by atoms with E-state index < -0.39 is 0 Å². The number of nitrogens with one attached hydrogen (secondary N) is 1. The predicted molar refractivity (Wildman–Crippen MR) is 82.1 cm³/mol. The molecule has 2 aromatic rings. The Labute approximate surface area is 120 Å². The molecule has 0 radical (unpaired) electrons. The molecule has 0 saturated heterocycles. The highest BCUT2D eigenvalue weighted by Gasteiger charge is 2.07. The van der Waals surface area contributed by atoms with Crippen molar-refractivity contribution in [3.63, 3.8) is 0 Å². The van der Waals surface area contributed by atoms with Crippen molar-refractivity contribution in [2.24, 2.45) is 0 Å². The summed E-state index contributed by atoms with van der Waals surface area (Å²) >= 11 is 5.36. The summed E-state index contributed by atoms with van der Waals surface area (Å²) in [4.78, 5) is 7.03. The summed E-state index contributed by atoms with van der Waals surface area (Å²) in [5, 5.41) is 3.33. The van der Waals surface area contributed by atoms with Crippen LogP contribution in [0.4, 0.5) is 11.5 Å². The zero-order valence-electron chi connectivity index (χ0n) is 10.5. The van der Waals surface area contributed by atoms with Crippen LogP contribution in [-0.2, 0) is 13.0 Å². The van der Waals surface area contributed by atoms with Gasteiger partial charge in [0.15, 0.2) is 0 Å². The molecule has 18 heavy (non-hydrogen) atoms. The Morgan fingerprint density at radius 1 is 1.39 bits per heavy atom. The second-order valence-electron chi connectivity index (χ2n) is 4.08. The molecule has 0 aliphatic carbocycles. The van der Waals surface area contributed by atoms with Gasteiger partial charge in [-0.1, -0.05) is 6.92 Å². The normalized spacial score (nSPS) is 10.6. The van der Waals surface area contributed by atoms with Crippen molar-refractivity contribution in [2.45, 2.75) is 26.8 Å². The lowest BCUT2D eigenvalue weighted by molar-refractivity contribution is 1.12. The Morgan fingerprint density at radius 2 is 2.11 bits per heavy atom. The van der Waals surface area contributed by atoms with Crippen molar-refractivity contribution in [2.75, 3.05) is 11.1 Å². The Morgan fingerprint density at radius 3 is 2.78 bits per heavy atom. The third-order valence-electron chi connectivity index (χ3n) is 2.80. The molecule has 96 valence electrons. The summed E-state index contributed by atoms with van der Waals surface area (Å²) in [6.45, 7) is 4.94. The maximum Gasteiger partial charge on any atom is 0.141 e. The van der Waals surface area contributed by atoms with Crippen LogP contribution < -0.4 is 11.1 Å². The molecule has 3 N–H and O–H groups in total. The second kappa shape index (κ2) is 5.71. The summed E-state index contributed by atoms with van der Waals surface area (Å²) < 4.78 is 0.940. The Bertz CT molecular complexity index is 551. The summed E-state index contributed by atoms with van der Waals surface area (Å²) in [6, 6.07) is 4.34. The third kappa shape index (κ3) is 2.84. The van der Waals surface area contributed by atoms with E-state index in [1.54, 1.807) is 6.20 Å². The molecule has 2 aromatic heterocycles. The number of thiophene rings is 1. The van der Waals surface area contributed by atoms with Crippen LogP contribution in [0.15, 0.2) is 22.8 Å². The fraction of sp³-hybridized carbons (Fsp3) is 0.308. The van der Waals surface area contributed by atoms with Crippen LogP contribution in [0, 0.1) is 6.92 Å². The number of anilines is 2. The lowest BCUT2D eigenvalue weighted by Gasteiger charge is -2.10. The molecule has 0 aromatic carbocycles. The van der Waals surface area contributed by atoms with Crippen LogP contribution in [0.1, 0.15) is 22.2 Å². The molecule has 0 spiro atoms. The molecule has 0 atom stereocenters. The zero-order valence-corrected chi connectivity index (χ0v) is 12.9. The predicted octanol–water partition coefficient (Wildman–Crippen LogP) is 3.97. The van der Waals surface area contributed by atoms with Gasteiger partial charge in [0.25, 0.3) is 0 Å². The number of hydrogen-bond donors (Lipinski definition) is 2. The molecule has 0 bridgehead atoms. The molecule has 0 unspecified atom stereocenters. The highest BCUT2D eigenvalue weighted by molar-refractivity contribution is 9.10. The van der Waals surface area contributed by atoms with E-state index in [0.29, 0.717) is 5.69 Å². The quantitative estimate of drug-likeness (QED) is 0.894. The fourth-order valence-electron chi connectivity index (χ4n) is 1.59. The first kappa shape index (κ1) is 13.4. The fourth-order valence-corrected chi connectivity index (χ4v) is 2.96. The lowest BCUT2D eigenvalue weighted by Crippen LogP contribution is -2.03. The van der Waals surface area contributed by atoms with Crippen molar-refractivity contribution < 1.29 is 0 Å². The number of aromatic nitrogens is 1. The molecule has 3 nitrogen and oxygen atoms in total. The first-order chi connectivity index (χ1) is 8.61. The minimum Gasteiger partial charge on any atom is -0.397 e. The maximum atomic E-state index is 5.80. The van der Waals surface area contributed by atoms with Crippen molar-refractivity contribution in [3.8, 4) is 0 Å². The molecular weight excluding hydrogens is 310 g/mol. The number of hydrogen-bond acceptors (Lipinski definition) is 4. The third-order valence-corrected chi connectivity index (χ3v) is 5.00. The minimum atomic E-state index is 0.705. The van der Waals surface area contributed by atoms with E-state index in [0.717, 1.165) is 28.8 Å². The average Bonchev–Trinajstić information content (AvgIpc) is 2.83. The van der Waals surface area contributed by atoms with E-state index in [2.05, 4.69) is 45.3 Å². The van der Waals surface area contributed by atoms with E-state index in [4.69, 9.17) is 5.73 Å². The largest absolute Gasteiger partial charge is 0.397 e. The summed E-state index contributed by atoms with van der Waals surface area (Å²) in [7, 11) is 0. The van der Waals surface area contributed by atoms with E-state index in [-0.39, 0.29) is 0 Å². The van der Waals surface area contributed by atoms with Crippen molar-refractivity contribution in [3.05, 3.63) is 38.1 Å². The van der Waals surface area contributed by atoms with E-state index >= 15 is 0 Å². The second-order valence-corrected chi connectivity index (χ2v) is 6.12. The summed E-state index contributed by atoms with van der Waals surface area (Å²) in [5.74, 6) is 0.841. The first-order valence-corrected chi connectivity index (χ1v) is 7.44. The highest BCUT2D eigenvalue weighted by atomic mass is 79.9. The maximum absolute atomic E-state index is 5.80. The van der Waals surface area contributed by atoms with Crippen LogP contribution >= 0.6 is 27.3 Å². The van der Waals surface area contributed by atoms with E-state index in [9.17, 15) is 0 Å². The van der Waals surface area contributed by atoms with Crippen molar-refractivity contribution in [1.29, 1.82) is 0 Å². The molecule has 5 heteroatoms. The van der Waals surface area contributed by atoms with Gasteiger partial charge in [-0.2, -0.15) is 0 Å². The Kier molecular flexibility index (Phi) is 4.24. The van der Waals surface area contributed by atoms with Gasteiger partial charge in [-0.3, -0.25) is 0 Å². The summed E-state index contributed by atoms with van der Waals surface area (Å²) in [6.07, 6.45) is 2.78. The van der Waals surface area contributed by atoms with E-state index in [1.807, 2.05) is 18.3 Å². The summed E-state index contributed by atoms with van der Waals surface area (Å²) in [5.41, 5.74) is 7.53. The van der Waals surface area contributed by atoms with Gasteiger partial charge in [0.2, 0.25) is 0 Å². The SMILES string of the molecule is CCc1ccc(CNc2ncc(N)c(C)c2Br)s1. The van der Waals surface area contributed by atoms with Gasteiger partial charge in [0, 0.05) is 9.75 Å². The topological polar surface area (TPSA) is 50.9 Å². The molecule has 2 rings (SSSR count). The monoisotopic (exact) mass is 325 g/mol. The van der Waals surface area contributed by atoms with Crippen molar-refractivity contribution >= 4 is 38.8 Å². The standard InChI is InChI=1S/C13H16BrN3S/c1-3-9-4-5-10(18-9)6-16-13-12(14)8(2)11(15)7-17-13/h4-5,7H,3,6,15H2,1-2H3,(H,16,17). The number of rotatable bonds is 4. The molecule has 0 aliphatic heterocycles. The zero-order chi connectivity index (χ0) is 13.1. The van der Waals surface area contributed by atoms with Crippen LogP contribution in [-0.4, -0.2) is 4.98 Å². The Hall–Kier alpha value is -1.07. The van der Waals surface area contributed by atoms with Crippen LogP contribution in [0.3, 0.4) is 0 Å². The smallest absolute Gasteiger partial charge is 0.141 e. The number of aryl methyl sites for hydroxylation is 1. The number of nitrogen functional groups attached to an aromatic ring is 1. The van der Waals surface area contributed by atoms with Gasteiger partial charge < -0.3 is 11.1 Å². The molecule has 0 saturated carbocycles. The van der Waals surface area contributed by atoms with Gasteiger partial charge >= 0.3 is 0 Å². The van der Waals surface area contributed by atoms with Crippen LogP contribution in [0.5, 0.6) is 0 Å². The van der Waals surface area contributed by atoms with Crippen LogP contribution in [0.25, 0.3) is 0 Å². The number of nitrogens with two attached hydrogens (primary N) is 1. The van der Waals surface area contributed by atoms with E-state index in [1.165, 1.54) is 9.75 Å². The number of pyridine rings is 1. The van der Waals surface area contributed by atoms with Gasteiger partial charge in [0.1, 0.15) is 5.82 Å². The van der Waals surface area contributed by atoms with Gasteiger partial charge in [-0.15, -0.1) is 11.3 Å².